The first-order valence-electron chi connectivity index (χ1n) is 7.54. The van der Waals surface area contributed by atoms with E-state index in [2.05, 4.69) is 16.6 Å². The summed E-state index contributed by atoms with van der Waals surface area (Å²) in [6, 6.07) is 4.77. The Morgan fingerprint density at radius 1 is 1.29 bits per heavy atom. The van der Waals surface area contributed by atoms with E-state index in [0.29, 0.717) is 24.2 Å². The number of hydrogen-bond donors (Lipinski definition) is 2. The summed E-state index contributed by atoms with van der Waals surface area (Å²) in [7, 11) is 0. The molecule has 0 fully saturated rings. The Labute approximate surface area is 144 Å². The van der Waals surface area contributed by atoms with Crippen molar-refractivity contribution in [2.45, 2.75) is 44.2 Å². The molecule has 0 aromatic heterocycles. The van der Waals surface area contributed by atoms with Crippen molar-refractivity contribution in [1.82, 2.24) is 10.6 Å². The Kier molecular flexibility index (Phi) is 7.49. The zero-order valence-electron chi connectivity index (χ0n) is 13.7. The molecule has 24 heavy (non-hydrogen) atoms. The van der Waals surface area contributed by atoms with Crippen LogP contribution in [0.2, 0.25) is 0 Å². The van der Waals surface area contributed by atoms with Crippen LogP contribution in [-0.4, -0.2) is 17.4 Å². The van der Waals surface area contributed by atoms with Crippen molar-refractivity contribution in [3.63, 3.8) is 0 Å². The molecule has 0 saturated carbocycles. The second-order valence-electron chi connectivity index (χ2n) is 5.26. The Bertz CT molecular complexity index is 592. The van der Waals surface area contributed by atoms with Gasteiger partial charge in [0.05, 0.1) is 11.4 Å². The summed E-state index contributed by atoms with van der Waals surface area (Å²) < 4.78 is 37.9. The van der Waals surface area contributed by atoms with E-state index in [-0.39, 0.29) is 11.9 Å². The van der Waals surface area contributed by atoms with Crippen LogP contribution in [0, 0.1) is 12.3 Å². The average molecular weight is 358 g/mol. The molecule has 0 saturated heterocycles. The fourth-order valence-corrected chi connectivity index (χ4v) is 2.80. The van der Waals surface area contributed by atoms with E-state index in [0.717, 1.165) is 12.1 Å². The minimum absolute atomic E-state index is 0.274. The maximum absolute atomic E-state index is 12.6. The van der Waals surface area contributed by atoms with Crippen molar-refractivity contribution in [2.24, 2.45) is 0 Å². The molecule has 2 amide bonds. The van der Waals surface area contributed by atoms with Gasteiger partial charge in [-0.05, 0) is 24.5 Å². The number of benzene rings is 1. The van der Waals surface area contributed by atoms with Crippen LogP contribution >= 0.6 is 11.8 Å². The molecule has 1 aromatic carbocycles. The van der Waals surface area contributed by atoms with Crippen molar-refractivity contribution in [2.75, 3.05) is 5.88 Å². The Hall–Kier alpha value is -1.81. The molecule has 0 radical (unpaired) electrons. The molecule has 2 N–H and O–H groups in total. The van der Waals surface area contributed by atoms with Crippen molar-refractivity contribution in [1.29, 1.82) is 0 Å². The van der Waals surface area contributed by atoms with E-state index in [1.165, 1.54) is 17.8 Å². The van der Waals surface area contributed by atoms with Gasteiger partial charge in [-0.15, -0.1) is 18.2 Å². The predicted molar refractivity (Wildman–Crippen MR) is 91.4 cm³/mol. The van der Waals surface area contributed by atoms with Crippen LogP contribution in [0.1, 0.15) is 37.8 Å². The summed E-state index contributed by atoms with van der Waals surface area (Å²) in [4.78, 5) is 11.9. The second kappa shape index (κ2) is 8.88. The molecule has 1 rings (SSSR count). The number of urea groups is 1. The van der Waals surface area contributed by atoms with Gasteiger partial charge in [0.1, 0.15) is 5.54 Å². The lowest BCUT2D eigenvalue weighted by Gasteiger charge is -2.27. The molecule has 0 aliphatic carbocycles. The molecular weight excluding hydrogens is 337 g/mol. The highest BCUT2D eigenvalue weighted by Gasteiger charge is 2.30. The molecule has 3 nitrogen and oxygen atoms in total. The van der Waals surface area contributed by atoms with Gasteiger partial charge in [-0.3, -0.25) is 0 Å². The van der Waals surface area contributed by atoms with Crippen LogP contribution in [0.3, 0.4) is 0 Å². The molecular formula is C17H21F3N2OS. The standard InChI is InChI=1S/C17H21F3N2OS/c1-4-16(5-2,6-3)22-15(23)21-12-24-11-13-8-7-9-14(10-13)17(18,19)20/h1,7-10H,5-6,11-12H2,2-3H3,(H2,21,22,23). The largest absolute Gasteiger partial charge is 0.416 e. The molecule has 7 heteroatoms. The maximum atomic E-state index is 12.6. The summed E-state index contributed by atoms with van der Waals surface area (Å²) in [6.07, 6.45) is 2.35. The first kappa shape index (κ1) is 20.2. The van der Waals surface area contributed by atoms with Crippen molar-refractivity contribution in [3.8, 4) is 12.3 Å². The van der Waals surface area contributed by atoms with Crippen molar-refractivity contribution >= 4 is 17.8 Å². The highest BCUT2D eigenvalue weighted by atomic mass is 32.2. The van der Waals surface area contributed by atoms with Gasteiger partial charge in [0.25, 0.3) is 0 Å². The quantitative estimate of drug-likeness (QED) is 0.431. The summed E-state index contributed by atoms with van der Waals surface area (Å²) >= 11 is 1.31. The van der Waals surface area contributed by atoms with Crippen LogP contribution in [0.4, 0.5) is 18.0 Å². The van der Waals surface area contributed by atoms with Gasteiger partial charge >= 0.3 is 12.2 Å². The zero-order chi connectivity index (χ0) is 18.2. The highest BCUT2D eigenvalue weighted by molar-refractivity contribution is 7.98. The van der Waals surface area contributed by atoms with Gasteiger partial charge in [-0.2, -0.15) is 13.2 Å². The fraction of sp³-hybridized carbons (Fsp3) is 0.471. The maximum Gasteiger partial charge on any atom is 0.416 e. The third-order valence-electron chi connectivity index (χ3n) is 3.69. The fourth-order valence-electron chi connectivity index (χ4n) is 2.05. The van der Waals surface area contributed by atoms with E-state index in [9.17, 15) is 18.0 Å². The number of halogens is 3. The number of hydrogen-bond acceptors (Lipinski definition) is 2. The Morgan fingerprint density at radius 3 is 2.50 bits per heavy atom. The molecule has 1 aromatic rings. The van der Waals surface area contributed by atoms with E-state index in [4.69, 9.17) is 6.42 Å². The zero-order valence-corrected chi connectivity index (χ0v) is 14.5. The third-order valence-corrected chi connectivity index (χ3v) is 4.58. The minimum atomic E-state index is -4.35. The number of terminal acetylenes is 1. The Morgan fingerprint density at radius 2 is 1.96 bits per heavy atom. The normalized spacial score (nSPS) is 11.7. The van der Waals surface area contributed by atoms with Crippen molar-refractivity contribution < 1.29 is 18.0 Å². The summed E-state index contributed by atoms with van der Waals surface area (Å²) in [5, 5.41) is 5.41. The number of thioether (sulfide) groups is 1. The van der Waals surface area contributed by atoms with E-state index in [1.807, 2.05) is 13.8 Å². The van der Waals surface area contributed by atoms with Gasteiger partial charge in [-0.25, -0.2) is 4.79 Å². The lowest BCUT2D eigenvalue weighted by molar-refractivity contribution is -0.137. The van der Waals surface area contributed by atoms with Crippen LogP contribution in [0.25, 0.3) is 0 Å². The van der Waals surface area contributed by atoms with E-state index < -0.39 is 17.3 Å². The molecule has 132 valence electrons. The minimum Gasteiger partial charge on any atom is -0.329 e. The average Bonchev–Trinajstić information content (AvgIpc) is 2.56. The molecule has 0 spiro atoms. The molecule has 0 atom stereocenters. The van der Waals surface area contributed by atoms with Gasteiger partial charge < -0.3 is 10.6 Å². The number of carbonyl (C=O) groups is 1. The van der Waals surface area contributed by atoms with E-state index >= 15 is 0 Å². The van der Waals surface area contributed by atoms with Crippen LogP contribution in [0.15, 0.2) is 24.3 Å². The smallest absolute Gasteiger partial charge is 0.329 e. The highest BCUT2D eigenvalue weighted by Crippen LogP contribution is 2.30. The lowest BCUT2D eigenvalue weighted by Crippen LogP contribution is -2.50. The predicted octanol–water partition coefficient (Wildman–Crippen LogP) is 4.39. The van der Waals surface area contributed by atoms with Crippen molar-refractivity contribution in [3.05, 3.63) is 35.4 Å². The number of nitrogens with one attached hydrogen (secondary N) is 2. The van der Waals surface area contributed by atoms with Crippen LogP contribution in [0.5, 0.6) is 0 Å². The first-order valence-corrected chi connectivity index (χ1v) is 8.69. The molecule has 0 bridgehead atoms. The monoisotopic (exact) mass is 358 g/mol. The molecule has 0 heterocycles. The van der Waals surface area contributed by atoms with Gasteiger partial charge in [-0.1, -0.05) is 38.0 Å². The number of rotatable bonds is 7. The number of carbonyl (C=O) groups excluding carboxylic acids is 1. The SMILES string of the molecule is C#CC(CC)(CC)NC(=O)NCSCc1cccc(C(F)(F)F)c1. The summed E-state index contributed by atoms with van der Waals surface area (Å²) in [6.45, 7) is 3.79. The number of amides is 2. The second-order valence-corrected chi connectivity index (χ2v) is 6.24. The summed E-state index contributed by atoms with van der Waals surface area (Å²) in [5.41, 5.74) is -0.788. The molecule has 0 aliphatic rings. The van der Waals surface area contributed by atoms with Crippen LogP contribution < -0.4 is 10.6 Å². The van der Waals surface area contributed by atoms with Crippen LogP contribution in [-0.2, 0) is 11.9 Å². The van der Waals surface area contributed by atoms with Gasteiger partial charge in [0, 0.05) is 5.75 Å². The lowest BCUT2D eigenvalue weighted by atomic mass is 9.94. The van der Waals surface area contributed by atoms with Gasteiger partial charge in [0.2, 0.25) is 0 Å². The Balaban J connectivity index is 2.44. The topological polar surface area (TPSA) is 41.1 Å². The molecule has 0 aliphatic heterocycles. The first-order chi connectivity index (χ1) is 11.3. The third kappa shape index (κ3) is 6.00. The summed E-state index contributed by atoms with van der Waals surface area (Å²) in [5.74, 6) is 3.24. The number of alkyl halides is 3. The molecule has 0 unspecified atom stereocenters. The van der Waals surface area contributed by atoms with Gasteiger partial charge in [0.15, 0.2) is 0 Å². The van der Waals surface area contributed by atoms with E-state index in [1.54, 1.807) is 6.07 Å².